The average Bonchev–Trinajstić information content (AvgIpc) is 2.81. The van der Waals surface area contributed by atoms with Gasteiger partial charge in [-0.15, -0.1) is 0 Å². The molecule has 5 heteroatoms. The highest BCUT2D eigenvalue weighted by Gasteiger charge is 2.31. The topological polar surface area (TPSA) is 60.8 Å². The van der Waals surface area contributed by atoms with Crippen molar-refractivity contribution in [2.75, 3.05) is 6.61 Å². The number of hydrogen-bond acceptors (Lipinski definition) is 5. The van der Waals surface area contributed by atoms with Gasteiger partial charge in [0, 0.05) is 11.8 Å². The molecule has 1 unspecified atom stereocenters. The fraction of sp³-hybridized carbons (Fsp3) is 0.192. The molecule has 1 aliphatic heterocycles. The first kappa shape index (κ1) is 19.4. The molecule has 31 heavy (non-hydrogen) atoms. The van der Waals surface area contributed by atoms with E-state index in [1.807, 2.05) is 37.3 Å². The van der Waals surface area contributed by atoms with Gasteiger partial charge in [-0.1, -0.05) is 36.4 Å². The SMILES string of the molecule is CC(Oc1ccc2c(c1)[C@H](O)[C@H](Oc1cccnc1)CO2)c1ccc2ccccc2c1. The van der Waals surface area contributed by atoms with Crippen LogP contribution in [-0.4, -0.2) is 22.8 Å². The normalized spacial score (nSPS) is 18.6. The van der Waals surface area contributed by atoms with Gasteiger partial charge in [0.1, 0.15) is 36.1 Å². The van der Waals surface area contributed by atoms with E-state index in [0.717, 1.165) is 5.56 Å². The molecule has 0 saturated carbocycles. The van der Waals surface area contributed by atoms with Gasteiger partial charge < -0.3 is 19.3 Å². The first-order valence-electron chi connectivity index (χ1n) is 10.3. The van der Waals surface area contributed by atoms with Gasteiger partial charge >= 0.3 is 0 Å². The van der Waals surface area contributed by atoms with E-state index in [9.17, 15) is 5.11 Å². The van der Waals surface area contributed by atoms with Gasteiger partial charge in [-0.25, -0.2) is 0 Å². The van der Waals surface area contributed by atoms with Gasteiger partial charge in [-0.2, -0.15) is 0 Å². The summed E-state index contributed by atoms with van der Waals surface area (Å²) in [6, 6.07) is 23.7. The van der Waals surface area contributed by atoms with E-state index in [4.69, 9.17) is 14.2 Å². The maximum atomic E-state index is 10.9. The molecular formula is C26H23NO4. The van der Waals surface area contributed by atoms with Gasteiger partial charge in [0.25, 0.3) is 0 Å². The quantitative estimate of drug-likeness (QED) is 0.484. The van der Waals surface area contributed by atoms with Crippen LogP contribution in [0.15, 0.2) is 85.2 Å². The Hall–Kier alpha value is -3.57. The second-order valence-corrected chi connectivity index (χ2v) is 7.67. The summed E-state index contributed by atoms with van der Waals surface area (Å²) in [4.78, 5) is 4.05. The minimum atomic E-state index is -0.830. The van der Waals surface area contributed by atoms with Crippen LogP contribution in [0.25, 0.3) is 10.8 Å². The lowest BCUT2D eigenvalue weighted by Gasteiger charge is -2.31. The summed E-state index contributed by atoms with van der Waals surface area (Å²) in [6.07, 6.45) is 1.80. The van der Waals surface area contributed by atoms with E-state index < -0.39 is 12.2 Å². The van der Waals surface area contributed by atoms with E-state index in [1.54, 1.807) is 24.5 Å². The monoisotopic (exact) mass is 413 g/mol. The maximum absolute atomic E-state index is 10.9. The Morgan fingerprint density at radius 2 is 1.84 bits per heavy atom. The highest BCUT2D eigenvalue weighted by Crippen LogP contribution is 2.37. The maximum Gasteiger partial charge on any atom is 0.163 e. The van der Waals surface area contributed by atoms with Crippen molar-refractivity contribution in [1.82, 2.24) is 4.98 Å². The number of ether oxygens (including phenoxy) is 3. The van der Waals surface area contributed by atoms with E-state index >= 15 is 0 Å². The van der Waals surface area contributed by atoms with Crippen molar-refractivity contribution in [3.8, 4) is 17.2 Å². The van der Waals surface area contributed by atoms with Gasteiger partial charge in [0.15, 0.2) is 6.10 Å². The third kappa shape index (κ3) is 4.05. The lowest BCUT2D eigenvalue weighted by Crippen LogP contribution is -2.35. The lowest BCUT2D eigenvalue weighted by atomic mass is 10.0. The number of pyridine rings is 1. The number of benzene rings is 3. The fourth-order valence-electron chi connectivity index (χ4n) is 3.85. The van der Waals surface area contributed by atoms with Gasteiger partial charge in [0.2, 0.25) is 0 Å². The van der Waals surface area contributed by atoms with Crippen molar-refractivity contribution < 1.29 is 19.3 Å². The van der Waals surface area contributed by atoms with Crippen LogP contribution in [0.3, 0.4) is 0 Å². The smallest absolute Gasteiger partial charge is 0.163 e. The molecule has 0 saturated heterocycles. The van der Waals surface area contributed by atoms with Crippen LogP contribution in [-0.2, 0) is 0 Å². The summed E-state index contributed by atoms with van der Waals surface area (Å²) in [7, 11) is 0. The molecule has 3 atom stereocenters. The highest BCUT2D eigenvalue weighted by molar-refractivity contribution is 5.83. The number of aliphatic hydroxyl groups is 1. The van der Waals surface area contributed by atoms with E-state index in [2.05, 4.69) is 35.3 Å². The summed E-state index contributed by atoms with van der Waals surface area (Å²) in [6.45, 7) is 2.28. The van der Waals surface area contributed by atoms with Crippen molar-refractivity contribution in [2.45, 2.75) is 25.2 Å². The number of nitrogens with zero attached hydrogens (tertiary/aromatic N) is 1. The number of rotatable bonds is 5. The Labute approximate surface area is 180 Å². The standard InChI is InChI=1S/C26H23NO4/c1-17(19-9-8-18-5-2-3-6-20(18)13-19)30-21-10-11-24-23(14-21)26(28)25(16-29-24)31-22-7-4-12-27-15-22/h2-15,17,25-26,28H,16H2,1H3/t17?,25-,26+/m1/s1. The molecule has 156 valence electrons. The first-order valence-corrected chi connectivity index (χ1v) is 10.3. The molecule has 0 spiro atoms. The average molecular weight is 413 g/mol. The molecule has 4 aromatic rings. The fourth-order valence-corrected chi connectivity index (χ4v) is 3.85. The van der Waals surface area contributed by atoms with Crippen molar-refractivity contribution in [3.05, 3.63) is 96.3 Å². The first-order chi connectivity index (χ1) is 15.2. The molecule has 0 fully saturated rings. The Kier molecular flexibility index (Phi) is 5.18. The van der Waals surface area contributed by atoms with Gasteiger partial charge in [0.05, 0.1) is 6.20 Å². The zero-order valence-electron chi connectivity index (χ0n) is 17.1. The molecule has 1 N–H and O–H groups in total. The van der Waals surface area contributed by atoms with Crippen LogP contribution >= 0.6 is 0 Å². The Morgan fingerprint density at radius 1 is 0.968 bits per heavy atom. The van der Waals surface area contributed by atoms with Gasteiger partial charge in [-0.05, 0) is 59.7 Å². The number of fused-ring (bicyclic) bond motifs is 2. The van der Waals surface area contributed by atoms with Crippen molar-refractivity contribution >= 4 is 10.8 Å². The number of aliphatic hydroxyl groups excluding tert-OH is 1. The largest absolute Gasteiger partial charge is 0.489 e. The van der Waals surface area contributed by atoms with Crippen LogP contribution in [0, 0.1) is 0 Å². The van der Waals surface area contributed by atoms with Crippen LogP contribution < -0.4 is 14.2 Å². The molecule has 0 amide bonds. The minimum Gasteiger partial charge on any atom is -0.489 e. The molecule has 5 nitrogen and oxygen atoms in total. The highest BCUT2D eigenvalue weighted by atomic mass is 16.5. The summed E-state index contributed by atoms with van der Waals surface area (Å²) in [5, 5.41) is 13.3. The molecule has 3 aromatic carbocycles. The molecule has 2 heterocycles. The van der Waals surface area contributed by atoms with Crippen LogP contribution in [0.5, 0.6) is 17.2 Å². The number of hydrogen-bond donors (Lipinski definition) is 1. The van der Waals surface area contributed by atoms with E-state index in [0.29, 0.717) is 22.8 Å². The molecule has 0 bridgehead atoms. The second kappa shape index (κ2) is 8.28. The summed E-state index contributed by atoms with van der Waals surface area (Å²) in [5.74, 6) is 1.91. The van der Waals surface area contributed by atoms with Crippen LogP contribution in [0.1, 0.15) is 30.3 Å². The summed E-state index contributed by atoms with van der Waals surface area (Å²) in [5.41, 5.74) is 1.74. The molecule has 0 radical (unpaired) electrons. The van der Waals surface area contributed by atoms with Gasteiger partial charge in [-0.3, -0.25) is 4.98 Å². The third-order valence-corrected chi connectivity index (χ3v) is 5.53. The predicted molar refractivity (Wildman–Crippen MR) is 119 cm³/mol. The predicted octanol–water partition coefficient (Wildman–Crippen LogP) is 5.25. The molecular weight excluding hydrogens is 390 g/mol. The Bertz CT molecular complexity index is 1190. The van der Waals surface area contributed by atoms with Crippen molar-refractivity contribution in [1.29, 1.82) is 0 Å². The van der Waals surface area contributed by atoms with E-state index in [1.165, 1.54) is 10.8 Å². The lowest BCUT2D eigenvalue weighted by molar-refractivity contribution is -0.0106. The summed E-state index contributed by atoms with van der Waals surface area (Å²) >= 11 is 0. The van der Waals surface area contributed by atoms with Crippen molar-refractivity contribution in [3.63, 3.8) is 0 Å². The molecule has 5 rings (SSSR count). The van der Waals surface area contributed by atoms with Crippen LogP contribution in [0.2, 0.25) is 0 Å². The molecule has 0 aliphatic carbocycles. The zero-order chi connectivity index (χ0) is 21.2. The van der Waals surface area contributed by atoms with Crippen molar-refractivity contribution in [2.24, 2.45) is 0 Å². The zero-order valence-corrected chi connectivity index (χ0v) is 17.1. The second-order valence-electron chi connectivity index (χ2n) is 7.67. The molecule has 1 aliphatic rings. The number of aromatic nitrogens is 1. The molecule has 1 aromatic heterocycles. The Balaban J connectivity index is 1.34. The minimum absolute atomic E-state index is 0.147. The van der Waals surface area contributed by atoms with Crippen LogP contribution in [0.4, 0.5) is 0 Å². The third-order valence-electron chi connectivity index (χ3n) is 5.53. The summed E-state index contributed by atoms with van der Waals surface area (Å²) < 4.78 is 17.9. The Morgan fingerprint density at radius 3 is 2.68 bits per heavy atom. The van der Waals surface area contributed by atoms with E-state index in [-0.39, 0.29) is 12.7 Å².